The van der Waals surface area contributed by atoms with Gasteiger partial charge in [-0.1, -0.05) is 38.1 Å². The van der Waals surface area contributed by atoms with Crippen LogP contribution in [0.2, 0.25) is 0 Å². The van der Waals surface area contributed by atoms with Gasteiger partial charge in [0, 0.05) is 39.4 Å². The molecular formula is C24H34N4O2. The van der Waals surface area contributed by atoms with Crippen molar-refractivity contribution in [2.75, 3.05) is 19.6 Å². The zero-order valence-electron chi connectivity index (χ0n) is 18.4. The van der Waals surface area contributed by atoms with E-state index in [1.807, 2.05) is 0 Å². The Bertz CT molecular complexity index is 850. The number of ether oxygens (including phenoxy) is 1. The Kier molecular flexibility index (Phi) is 6.25. The number of hydrogen-bond donors (Lipinski definition) is 1. The van der Waals surface area contributed by atoms with Crippen LogP contribution in [0, 0.1) is 0 Å². The Morgan fingerprint density at radius 2 is 1.93 bits per heavy atom. The lowest BCUT2D eigenvalue weighted by Crippen LogP contribution is -2.44. The molecule has 1 amide bonds. The maximum atomic E-state index is 12.3. The van der Waals surface area contributed by atoms with E-state index in [1.165, 1.54) is 11.1 Å². The number of carbonyl (C=O) groups excluding carboxylic acids is 1. The molecular weight excluding hydrogens is 376 g/mol. The summed E-state index contributed by atoms with van der Waals surface area (Å²) >= 11 is 0. The molecule has 6 nitrogen and oxygen atoms in total. The minimum Gasteiger partial charge on any atom is -0.370 e. The van der Waals surface area contributed by atoms with Gasteiger partial charge in [0.2, 0.25) is 0 Å². The topological polar surface area (TPSA) is 59.4 Å². The van der Waals surface area contributed by atoms with Crippen LogP contribution in [0.4, 0.5) is 0 Å². The summed E-state index contributed by atoms with van der Waals surface area (Å²) in [4.78, 5) is 14.8. The van der Waals surface area contributed by atoms with Crippen LogP contribution in [0.15, 0.2) is 36.5 Å². The quantitative estimate of drug-likeness (QED) is 0.792. The Hall–Kier alpha value is -2.18. The number of piperidine rings is 1. The molecule has 0 bridgehead atoms. The van der Waals surface area contributed by atoms with Crippen LogP contribution in [-0.4, -0.2) is 51.9 Å². The van der Waals surface area contributed by atoms with E-state index >= 15 is 0 Å². The SMILES string of the molecule is CC(C)c1ccc(CN2CCC3(CCC(CNC(=O)c4ccnn4C)O3)CC2)cc1. The lowest BCUT2D eigenvalue weighted by molar-refractivity contribution is -0.0764. The molecule has 1 aromatic heterocycles. The number of hydrogen-bond acceptors (Lipinski definition) is 4. The molecule has 0 aliphatic carbocycles. The van der Waals surface area contributed by atoms with E-state index in [4.69, 9.17) is 4.74 Å². The zero-order valence-corrected chi connectivity index (χ0v) is 18.4. The summed E-state index contributed by atoms with van der Waals surface area (Å²) < 4.78 is 8.06. The van der Waals surface area contributed by atoms with Crippen LogP contribution >= 0.6 is 0 Å². The largest absolute Gasteiger partial charge is 0.370 e. The van der Waals surface area contributed by atoms with Gasteiger partial charge >= 0.3 is 0 Å². The van der Waals surface area contributed by atoms with Gasteiger partial charge in [0.05, 0.1) is 11.7 Å². The first-order valence-corrected chi connectivity index (χ1v) is 11.2. The van der Waals surface area contributed by atoms with E-state index in [2.05, 4.69) is 53.4 Å². The van der Waals surface area contributed by atoms with Crippen LogP contribution in [0.5, 0.6) is 0 Å². The van der Waals surface area contributed by atoms with Gasteiger partial charge in [-0.05, 0) is 48.8 Å². The summed E-state index contributed by atoms with van der Waals surface area (Å²) in [7, 11) is 1.78. The summed E-state index contributed by atoms with van der Waals surface area (Å²) in [6, 6.07) is 10.8. The minimum absolute atomic E-state index is 0.0000758. The maximum absolute atomic E-state index is 12.3. The number of likely N-dealkylation sites (tertiary alicyclic amines) is 1. The average Bonchev–Trinajstić information content (AvgIpc) is 3.35. The molecule has 1 unspecified atom stereocenters. The molecule has 2 aliphatic rings. The van der Waals surface area contributed by atoms with Crippen molar-refractivity contribution in [3.63, 3.8) is 0 Å². The molecule has 2 aromatic rings. The lowest BCUT2D eigenvalue weighted by atomic mass is 9.88. The van der Waals surface area contributed by atoms with Gasteiger partial charge in [-0.3, -0.25) is 14.4 Å². The van der Waals surface area contributed by atoms with Gasteiger partial charge in [0.1, 0.15) is 5.69 Å². The molecule has 0 radical (unpaired) electrons. The van der Waals surface area contributed by atoms with Gasteiger partial charge in [0.25, 0.3) is 5.91 Å². The highest BCUT2D eigenvalue weighted by Crippen LogP contribution is 2.39. The molecule has 2 saturated heterocycles. The number of aryl methyl sites for hydroxylation is 1. The van der Waals surface area contributed by atoms with Crippen molar-refractivity contribution in [1.29, 1.82) is 0 Å². The normalized spacial score (nSPS) is 21.4. The third-order valence-electron chi connectivity index (χ3n) is 6.70. The van der Waals surface area contributed by atoms with Crippen LogP contribution in [0.3, 0.4) is 0 Å². The Morgan fingerprint density at radius 3 is 2.57 bits per heavy atom. The predicted molar refractivity (Wildman–Crippen MR) is 117 cm³/mol. The number of rotatable bonds is 6. The maximum Gasteiger partial charge on any atom is 0.269 e. The highest BCUT2D eigenvalue weighted by molar-refractivity contribution is 5.92. The molecule has 1 aromatic carbocycles. The van der Waals surface area contributed by atoms with Gasteiger partial charge in [-0.2, -0.15) is 5.10 Å². The summed E-state index contributed by atoms with van der Waals surface area (Å²) in [6.07, 6.45) is 6.00. The molecule has 1 spiro atoms. The van der Waals surface area contributed by atoms with Crippen LogP contribution in [0.25, 0.3) is 0 Å². The Balaban J connectivity index is 1.23. The summed E-state index contributed by atoms with van der Waals surface area (Å²) in [5.74, 6) is 0.494. The van der Waals surface area contributed by atoms with Gasteiger partial charge in [-0.25, -0.2) is 0 Å². The smallest absolute Gasteiger partial charge is 0.269 e. The standard InChI is InChI=1S/C24H34N4O2/c1-18(2)20-6-4-19(5-7-20)17-28-14-11-24(12-15-28)10-8-21(30-24)16-25-23(29)22-9-13-26-27(22)3/h4-7,9,13,18,21H,8,10-12,14-17H2,1-3H3,(H,25,29). The molecule has 162 valence electrons. The van der Waals surface area contributed by atoms with Crippen LogP contribution < -0.4 is 5.32 Å². The number of nitrogens with zero attached hydrogens (tertiary/aromatic N) is 3. The highest BCUT2D eigenvalue weighted by atomic mass is 16.5. The van der Waals surface area contributed by atoms with Crippen molar-refractivity contribution in [2.45, 2.75) is 63.7 Å². The van der Waals surface area contributed by atoms with Crippen molar-refractivity contribution in [1.82, 2.24) is 20.0 Å². The molecule has 3 heterocycles. The van der Waals surface area contributed by atoms with Gasteiger partial charge < -0.3 is 10.1 Å². The molecule has 30 heavy (non-hydrogen) atoms. The first-order chi connectivity index (χ1) is 14.4. The van der Waals surface area contributed by atoms with Gasteiger partial charge in [0.15, 0.2) is 0 Å². The third-order valence-corrected chi connectivity index (χ3v) is 6.70. The first kappa shape index (κ1) is 21.1. The van der Waals surface area contributed by atoms with Gasteiger partial charge in [-0.15, -0.1) is 0 Å². The second-order valence-corrected chi connectivity index (χ2v) is 9.18. The van der Waals surface area contributed by atoms with E-state index < -0.39 is 0 Å². The third kappa shape index (κ3) is 4.76. The summed E-state index contributed by atoms with van der Waals surface area (Å²) in [5, 5.41) is 7.06. The Morgan fingerprint density at radius 1 is 1.20 bits per heavy atom. The summed E-state index contributed by atoms with van der Waals surface area (Å²) in [6.45, 7) is 8.19. The predicted octanol–water partition coefficient (Wildman–Crippen LogP) is 3.49. The van der Waals surface area contributed by atoms with E-state index in [0.717, 1.165) is 45.3 Å². The van der Waals surface area contributed by atoms with Crippen LogP contribution in [0.1, 0.15) is 67.1 Å². The second kappa shape index (κ2) is 8.90. The molecule has 2 aliphatic heterocycles. The van der Waals surface area contributed by atoms with E-state index in [0.29, 0.717) is 18.2 Å². The average molecular weight is 411 g/mol. The van der Waals surface area contributed by atoms with Crippen LogP contribution in [-0.2, 0) is 18.3 Å². The molecule has 2 fully saturated rings. The zero-order chi connectivity index (χ0) is 21.1. The van der Waals surface area contributed by atoms with E-state index in [1.54, 1.807) is 24.0 Å². The monoisotopic (exact) mass is 410 g/mol. The summed E-state index contributed by atoms with van der Waals surface area (Å²) in [5.41, 5.74) is 3.37. The van der Waals surface area contributed by atoms with Crippen molar-refractivity contribution >= 4 is 5.91 Å². The Labute approximate surface area is 179 Å². The number of benzene rings is 1. The fourth-order valence-electron chi connectivity index (χ4n) is 4.69. The molecule has 0 saturated carbocycles. The molecule has 1 N–H and O–H groups in total. The number of nitrogens with one attached hydrogen (secondary N) is 1. The first-order valence-electron chi connectivity index (χ1n) is 11.2. The minimum atomic E-state index is -0.0853. The van der Waals surface area contributed by atoms with Crippen molar-refractivity contribution in [3.8, 4) is 0 Å². The van der Waals surface area contributed by atoms with Crippen molar-refractivity contribution in [3.05, 3.63) is 53.3 Å². The number of aromatic nitrogens is 2. The van der Waals surface area contributed by atoms with E-state index in [9.17, 15) is 4.79 Å². The van der Waals surface area contributed by atoms with Crippen molar-refractivity contribution < 1.29 is 9.53 Å². The fraction of sp³-hybridized carbons (Fsp3) is 0.583. The number of amides is 1. The molecule has 6 heteroatoms. The lowest BCUT2D eigenvalue weighted by Gasteiger charge is -2.39. The fourth-order valence-corrected chi connectivity index (χ4v) is 4.69. The second-order valence-electron chi connectivity index (χ2n) is 9.18. The number of carbonyl (C=O) groups is 1. The van der Waals surface area contributed by atoms with E-state index in [-0.39, 0.29) is 17.6 Å². The highest BCUT2D eigenvalue weighted by Gasteiger charge is 2.42. The molecule has 1 atom stereocenters. The van der Waals surface area contributed by atoms with Crippen molar-refractivity contribution in [2.24, 2.45) is 7.05 Å². The molecule has 4 rings (SSSR count).